The molecule has 5 heteroatoms. The van der Waals surface area contributed by atoms with Gasteiger partial charge < -0.3 is 14.8 Å². The molecule has 2 saturated heterocycles. The maximum atomic E-state index is 11.4. The van der Waals surface area contributed by atoms with Gasteiger partial charge >= 0.3 is 6.09 Å². The van der Waals surface area contributed by atoms with Crippen molar-refractivity contribution >= 4 is 6.09 Å². The van der Waals surface area contributed by atoms with Crippen LogP contribution in [0.25, 0.3) is 0 Å². The highest BCUT2D eigenvalue weighted by atomic mass is 16.6. The first-order valence-corrected chi connectivity index (χ1v) is 4.67. The van der Waals surface area contributed by atoms with E-state index in [0.717, 1.165) is 19.5 Å². The smallest absolute Gasteiger partial charge is 0.416 e. The lowest BCUT2D eigenvalue weighted by molar-refractivity contribution is 0.121. The van der Waals surface area contributed by atoms with Crippen LogP contribution < -0.4 is 5.32 Å². The third kappa shape index (κ3) is 1.33. The van der Waals surface area contributed by atoms with Crippen LogP contribution in [0.5, 0.6) is 0 Å². The molecule has 0 aromatic carbocycles. The number of fused-ring (bicyclic) bond motifs is 1. The van der Waals surface area contributed by atoms with Crippen molar-refractivity contribution < 1.29 is 14.3 Å². The van der Waals surface area contributed by atoms with Crippen molar-refractivity contribution in [2.24, 2.45) is 0 Å². The van der Waals surface area contributed by atoms with Gasteiger partial charge in [-0.05, 0) is 19.5 Å². The summed E-state index contributed by atoms with van der Waals surface area (Å²) in [6.45, 7) is 5.36. The largest absolute Gasteiger partial charge is 0.473 e. The Bertz CT molecular complexity index is 267. The van der Waals surface area contributed by atoms with Gasteiger partial charge in [-0.15, -0.1) is 0 Å². The highest BCUT2D eigenvalue weighted by Gasteiger charge is 2.43. The fraction of sp³-hybridized carbons (Fsp3) is 0.667. The molecule has 0 saturated carbocycles. The summed E-state index contributed by atoms with van der Waals surface area (Å²) in [5.41, 5.74) is 0. The molecule has 0 radical (unpaired) electrons. The Balaban J connectivity index is 2.15. The minimum absolute atomic E-state index is 0.0312. The van der Waals surface area contributed by atoms with Crippen molar-refractivity contribution in [2.75, 3.05) is 20.2 Å². The third-order valence-corrected chi connectivity index (χ3v) is 2.65. The normalized spacial score (nSPS) is 30.9. The van der Waals surface area contributed by atoms with Crippen LogP contribution in [0, 0.1) is 0 Å². The summed E-state index contributed by atoms with van der Waals surface area (Å²) in [4.78, 5) is 12.9. The number of methoxy groups -OCH3 is 1. The van der Waals surface area contributed by atoms with E-state index >= 15 is 0 Å². The van der Waals surface area contributed by atoms with Gasteiger partial charge in [-0.3, -0.25) is 0 Å². The Labute approximate surface area is 82.7 Å². The van der Waals surface area contributed by atoms with E-state index in [-0.39, 0.29) is 12.1 Å². The molecule has 2 atom stereocenters. The molecule has 0 aromatic rings. The molecule has 2 aliphatic rings. The van der Waals surface area contributed by atoms with Crippen LogP contribution in [-0.2, 0) is 9.47 Å². The molecule has 0 aliphatic carbocycles. The number of nitrogens with zero attached hydrogens (tertiary/aromatic N) is 1. The molecule has 78 valence electrons. The zero-order valence-electron chi connectivity index (χ0n) is 8.16. The maximum Gasteiger partial charge on any atom is 0.416 e. The summed E-state index contributed by atoms with van der Waals surface area (Å²) in [7, 11) is 1.36. The molecule has 0 bridgehead atoms. The minimum atomic E-state index is -0.397. The van der Waals surface area contributed by atoms with Gasteiger partial charge in [0, 0.05) is 6.54 Å². The van der Waals surface area contributed by atoms with Crippen LogP contribution in [0.4, 0.5) is 4.79 Å². The number of hydrogen-bond donors (Lipinski definition) is 1. The maximum absolute atomic E-state index is 11.4. The molecule has 0 aromatic heterocycles. The number of carbonyl (C=O) groups excluding carboxylic acids is 1. The molecule has 1 N–H and O–H groups in total. The fourth-order valence-corrected chi connectivity index (χ4v) is 1.97. The number of piperidine rings is 1. The molecular formula is C9H14N2O3. The van der Waals surface area contributed by atoms with Crippen molar-refractivity contribution in [2.45, 2.75) is 18.6 Å². The lowest BCUT2D eigenvalue weighted by Gasteiger charge is -2.27. The van der Waals surface area contributed by atoms with Gasteiger partial charge in [-0.1, -0.05) is 0 Å². The lowest BCUT2D eigenvalue weighted by Crippen LogP contribution is -2.49. The summed E-state index contributed by atoms with van der Waals surface area (Å²) >= 11 is 0. The minimum Gasteiger partial charge on any atom is -0.473 e. The number of amides is 1. The van der Waals surface area contributed by atoms with E-state index in [0.29, 0.717) is 5.88 Å². The monoisotopic (exact) mass is 198 g/mol. The van der Waals surface area contributed by atoms with Gasteiger partial charge in [0.25, 0.3) is 0 Å². The topological polar surface area (TPSA) is 50.8 Å². The molecule has 2 fully saturated rings. The van der Waals surface area contributed by atoms with Gasteiger partial charge in [0.05, 0.1) is 13.2 Å². The molecule has 2 heterocycles. The van der Waals surface area contributed by atoms with Crippen LogP contribution in [0.1, 0.15) is 6.42 Å². The summed E-state index contributed by atoms with van der Waals surface area (Å²) < 4.78 is 10.2. The summed E-state index contributed by atoms with van der Waals surface area (Å²) in [5, 5.41) is 3.22. The number of rotatable bonds is 0. The van der Waals surface area contributed by atoms with Gasteiger partial charge in [0.1, 0.15) is 6.10 Å². The van der Waals surface area contributed by atoms with Crippen LogP contribution in [0.3, 0.4) is 0 Å². The summed E-state index contributed by atoms with van der Waals surface area (Å²) in [6.07, 6.45) is 0.575. The Morgan fingerprint density at radius 3 is 3.29 bits per heavy atom. The van der Waals surface area contributed by atoms with E-state index in [1.165, 1.54) is 12.0 Å². The van der Waals surface area contributed by atoms with Crippen molar-refractivity contribution in [3.63, 3.8) is 0 Å². The van der Waals surface area contributed by atoms with Crippen LogP contribution in [0.15, 0.2) is 12.5 Å². The second-order valence-corrected chi connectivity index (χ2v) is 3.45. The molecule has 5 nitrogen and oxygen atoms in total. The average Bonchev–Trinajstić information content (AvgIpc) is 2.53. The van der Waals surface area contributed by atoms with Crippen molar-refractivity contribution in [3.05, 3.63) is 12.5 Å². The molecule has 2 aliphatic heterocycles. The summed E-state index contributed by atoms with van der Waals surface area (Å²) in [6, 6.07) is 0.0312. The van der Waals surface area contributed by atoms with E-state index in [1.807, 2.05) is 0 Å². The first-order chi connectivity index (χ1) is 6.74. The number of hydrogen-bond acceptors (Lipinski definition) is 4. The molecule has 2 rings (SSSR count). The van der Waals surface area contributed by atoms with Crippen molar-refractivity contribution in [3.8, 4) is 0 Å². The first-order valence-electron chi connectivity index (χ1n) is 4.67. The molecule has 0 spiro atoms. The lowest BCUT2D eigenvalue weighted by atomic mass is 10.0. The molecular weight excluding hydrogens is 184 g/mol. The highest BCUT2D eigenvalue weighted by Crippen LogP contribution is 2.29. The predicted molar refractivity (Wildman–Crippen MR) is 49.5 cm³/mol. The average molecular weight is 198 g/mol. The Morgan fingerprint density at radius 2 is 2.57 bits per heavy atom. The standard InChI is InChI=1S/C9H14N2O3/c1-6-11(9(12)13-2)7-5-10-4-3-8(7)14-6/h7-8,10H,1,3-5H2,2H3/t7-,8+/m0/s1. The fourth-order valence-electron chi connectivity index (χ4n) is 1.97. The number of ether oxygens (including phenoxy) is 2. The van der Waals surface area contributed by atoms with Gasteiger partial charge in [-0.2, -0.15) is 0 Å². The van der Waals surface area contributed by atoms with Crippen molar-refractivity contribution in [1.82, 2.24) is 10.2 Å². The quantitative estimate of drug-likeness (QED) is 0.607. The predicted octanol–water partition coefficient (Wildman–Crippen LogP) is 0.287. The van der Waals surface area contributed by atoms with E-state index in [2.05, 4.69) is 16.6 Å². The molecule has 14 heavy (non-hydrogen) atoms. The third-order valence-electron chi connectivity index (χ3n) is 2.65. The number of carbonyl (C=O) groups is 1. The van der Waals surface area contributed by atoms with Gasteiger partial charge in [0.15, 0.2) is 5.88 Å². The second kappa shape index (κ2) is 3.49. The van der Waals surface area contributed by atoms with Crippen LogP contribution in [-0.4, -0.2) is 43.3 Å². The van der Waals surface area contributed by atoms with E-state index < -0.39 is 6.09 Å². The number of nitrogens with one attached hydrogen (secondary N) is 1. The Hall–Kier alpha value is -1.23. The zero-order valence-corrected chi connectivity index (χ0v) is 8.16. The van der Waals surface area contributed by atoms with Gasteiger partial charge in [0.2, 0.25) is 0 Å². The molecule has 1 amide bonds. The Morgan fingerprint density at radius 1 is 1.79 bits per heavy atom. The van der Waals surface area contributed by atoms with E-state index in [1.54, 1.807) is 0 Å². The van der Waals surface area contributed by atoms with Crippen LogP contribution in [0.2, 0.25) is 0 Å². The molecule has 0 unspecified atom stereocenters. The van der Waals surface area contributed by atoms with E-state index in [4.69, 9.17) is 4.74 Å². The van der Waals surface area contributed by atoms with Gasteiger partial charge in [-0.25, -0.2) is 9.69 Å². The first kappa shape index (κ1) is 9.33. The zero-order chi connectivity index (χ0) is 10.1. The Kier molecular flexibility index (Phi) is 2.33. The SMILES string of the molecule is C=C1O[C@@H]2CCNC[C@@H]2N1C(=O)OC. The highest BCUT2D eigenvalue weighted by molar-refractivity contribution is 5.70. The second-order valence-electron chi connectivity index (χ2n) is 3.45. The summed E-state index contributed by atoms with van der Waals surface area (Å²) in [5.74, 6) is 0.399. The van der Waals surface area contributed by atoms with Crippen LogP contribution >= 0.6 is 0 Å². The van der Waals surface area contributed by atoms with Crippen molar-refractivity contribution in [1.29, 1.82) is 0 Å². The van der Waals surface area contributed by atoms with E-state index in [9.17, 15) is 4.79 Å².